The molecule has 1 aromatic carbocycles. The van der Waals surface area contributed by atoms with Crippen LogP contribution in [0.15, 0.2) is 21.5 Å². The van der Waals surface area contributed by atoms with Crippen molar-refractivity contribution < 1.29 is 21.6 Å². The monoisotopic (exact) mass is 372 g/mol. The number of benzene rings is 1. The molecule has 1 saturated carbocycles. The SMILES string of the molecule is Cc1c(N)cc(Br)cc1S(=O)(=O)NC1(C(F)(F)F)CC1. The number of nitrogens with one attached hydrogen (secondary N) is 1. The fourth-order valence-electron chi connectivity index (χ4n) is 1.83. The van der Waals surface area contributed by atoms with Crippen LogP contribution in [0, 0.1) is 6.92 Å². The van der Waals surface area contributed by atoms with Gasteiger partial charge in [-0.2, -0.15) is 17.9 Å². The molecule has 0 bridgehead atoms. The Kier molecular flexibility index (Phi) is 3.59. The average molecular weight is 373 g/mol. The number of nitrogens with two attached hydrogens (primary N) is 1. The summed E-state index contributed by atoms with van der Waals surface area (Å²) in [7, 11) is -4.29. The highest BCUT2D eigenvalue weighted by molar-refractivity contribution is 9.10. The van der Waals surface area contributed by atoms with Crippen molar-refractivity contribution in [2.24, 2.45) is 0 Å². The van der Waals surface area contributed by atoms with Crippen LogP contribution in [0.1, 0.15) is 18.4 Å². The fraction of sp³-hybridized carbons (Fsp3) is 0.455. The molecule has 1 aliphatic rings. The molecule has 0 saturated heterocycles. The van der Waals surface area contributed by atoms with Crippen LogP contribution in [0.4, 0.5) is 18.9 Å². The van der Waals surface area contributed by atoms with Crippen LogP contribution in [-0.4, -0.2) is 20.1 Å². The van der Waals surface area contributed by atoms with E-state index < -0.39 is 21.7 Å². The highest BCUT2D eigenvalue weighted by atomic mass is 79.9. The van der Waals surface area contributed by atoms with Gasteiger partial charge in [-0.3, -0.25) is 0 Å². The van der Waals surface area contributed by atoms with E-state index in [0.717, 1.165) is 0 Å². The van der Waals surface area contributed by atoms with Crippen LogP contribution in [0.3, 0.4) is 0 Å². The fourth-order valence-corrected chi connectivity index (χ4v) is 4.21. The lowest BCUT2D eigenvalue weighted by molar-refractivity contribution is -0.160. The molecule has 0 spiro atoms. The Hall–Kier alpha value is -0.800. The number of hydrogen-bond acceptors (Lipinski definition) is 3. The van der Waals surface area contributed by atoms with Crippen LogP contribution in [0.2, 0.25) is 0 Å². The second-order valence-corrected chi connectivity index (χ2v) is 7.37. The van der Waals surface area contributed by atoms with Crippen molar-refractivity contribution in [1.82, 2.24) is 4.72 Å². The van der Waals surface area contributed by atoms with Crippen molar-refractivity contribution in [2.75, 3.05) is 5.73 Å². The van der Waals surface area contributed by atoms with Gasteiger partial charge in [0.05, 0.1) is 4.90 Å². The molecule has 112 valence electrons. The molecule has 0 amide bonds. The first-order chi connectivity index (χ1) is 8.98. The molecule has 0 atom stereocenters. The molecule has 2 rings (SSSR count). The Morgan fingerprint density at radius 2 is 1.90 bits per heavy atom. The van der Waals surface area contributed by atoms with Crippen molar-refractivity contribution in [1.29, 1.82) is 0 Å². The van der Waals surface area contributed by atoms with Gasteiger partial charge in [-0.15, -0.1) is 0 Å². The third kappa shape index (κ3) is 2.66. The number of nitrogen functional groups attached to an aromatic ring is 1. The maximum atomic E-state index is 12.8. The Morgan fingerprint density at radius 3 is 2.35 bits per heavy atom. The Bertz CT molecular complexity index is 654. The summed E-state index contributed by atoms with van der Waals surface area (Å²) in [6, 6.07) is 2.73. The van der Waals surface area contributed by atoms with Crippen LogP contribution < -0.4 is 10.5 Å². The van der Waals surface area contributed by atoms with E-state index in [1.54, 1.807) is 4.72 Å². The van der Waals surface area contributed by atoms with Crippen LogP contribution >= 0.6 is 15.9 Å². The second kappa shape index (κ2) is 4.60. The summed E-state index contributed by atoms with van der Waals surface area (Å²) in [5.74, 6) is 0. The summed E-state index contributed by atoms with van der Waals surface area (Å²) >= 11 is 3.08. The molecule has 1 aromatic rings. The summed E-state index contributed by atoms with van der Waals surface area (Å²) in [5.41, 5.74) is 3.71. The van der Waals surface area contributed by atoms with Gasteiger partial charge in [-0.1, -0.05) is 15.9 Å². The number of alkyl halides is 3. The second-order valence-electron chi connectivity index (χ2n) is 4.80. The minimum atomic E-state index is -4.61. The standard InChI is InChI=1S/C11H12BrF3N2O2S/c1-6-8(16)4-7(12)5-9(6)20(18,19)17-10(2-3-10)11(13,14)15/h4-5,17H,2-3,16H2,1H3. The molecule has 3 N–H and O–H groups in total. The van der Waals surface area contributed by atoms with Gasteiger partial charge in [0, 0.05) is 10.2 Å². The summed E-state index contributed by atoms with van der Waals surface area (Å²) in [5, 5.41) is 0. The van der Waals surface area contributed by atoms with Crippen LogP contribution in [0.25, 0.3) is 0 Å². The highest BCUT2D eigenvalue weighted by Gasteiger charge is 2.65. The summed E-state index contributed by atoms with van der Waals surface area (Å²) < 4.78 is 65.0. The van der Waals surface area contributed by atoms with Gasteiger partial charge in [0.2, 0.25) is 10.0 Å². The molecule has 20 heavy (non-hydrogen) atoms. The molecule has 0 aliphatic heterocycles. The van der Waals surface area contributed by atoms with Crippen molar-refractivity contribution in [2.45, 2.75) is 36.4 Å². The molecule has 0 aromatic heterocycles. The summed E-state index contributed by atoms with van der Waals surface area (Å²) in [6.45, 7) is 1.45. The Morgan fingerprint density at radius 1 is 1.35 bits per heavy atom. The number of sulfonamides is 1. The van der Waals surface area contributed by atoms with E-state index >= 15 is 0 Å². The normalized spacial score (nSPS) is 18.1. The number of anilines is 1. The van der Waals surface area contributed by atoms with Gasteiger partial charge >= 0.3 is 6.18 Å². The lowest BCUT2D eigenvalue weighted by atomic mass is 10.2. The van der Waals surface area contributed by atoms with Gasteiger partial charge in [-0.25, -0.2) is 8.42 Å². The quantitative estimate of drug-likeness (QED) is 0.801. The molecular weight excluding hydrogens is 361 g/mol. The minimum absolute atomic E-state index is 0.191. The zero-order chi connectivity index (χ0) is 15.3. The van der Waals surface area contributed by atoms with E-state index in [1.807, 2.05) is 0 Å². The lowest BCUT2D eigenvalue weighted by Gasteiger charge is -2.21. The average Bonchev–Trinajstić information content (AvgIpc) is 3.02. The number of hydrogen-bond donors (Lipinski definition) is 2. The van der Waals surface area contributed by atoms with E-state index in [9.17, 15) is 21.6 Å². The first-order valence-electron chi connectivity index (χ1n) is 5.65. The molecule has 1 aliphatic carbocycles. The van der Waals surface area contributed by atoms with E-state index in [0.29, 0.717) is 4.47 Å². The van der Waals surface area contributed by atoms with E-state index in [-0.39, 0.29) is 29.0 Å². The number of rotatable bonds is 3. The smallest absolute Gasteiger partial charge is 0.398 e. The largest absolute Gasteiger partial charge is 0.407 e. The summed E-state index contributed by atoms with van der Waals surface area (Å²) in [6.07, 6.45) is -5.11. The Balaban J connectivity index is 2.43. The first-order valence-corrected chi connectivity index (χ1v) is 7.92. The van der Waals surface area contributed by atoms with Gasteiger partial charge in [0.15, 0.2) is 0 Å². The van der Waals surface area contributed by atoms with Gasteiger partial charge in [0.25, 0.3) is 0 Å². The lowest BCUT2D eigenvalue weighted by Crippen LogP contribution is -2.47. The molecule has 1 fully saturated rings. The van der Waals surface area contributed by atoms with E-state index in [4.69, 9.17) is 5.73 Å². The topological polar surface area (TPSA) is 72.2 Å². The maximum Gasteiger partial charge on any atom is 0.407 e. The maximum absolute atomic E-state index is 12.8. The third-order valence-corrected chi connectivity index (χ3v) is 5.40. The molecular formula is C11H12BrF3N2O2S. The zero-order valence-electron chi connectivity index (χ0n) is 10.4. The molecule has 0 unspecified atom stereocenters. The van der Waals surface area contributed by atoms with E-state index in [1.165, 1.54) is 19.1 Å². The van der Waals surface area contributed by atoms with Gasteiger partial charge in [0.1, 0.15) is 5.54 Å². The van der Waals surface area contributed by atoms with Crippen molar-refractivity contribution >= 4 is 31.6 Å². The Labute approximate surface area is 122 Å². The van der Waals surface area contributed by atoms with Crippen LogP contribution in [-0.2, 0) is 10.0 Å². The van der Waals surface area contributed by atoms with Crippen molar-refractivity contribution in [3.63, 3.8) is 0 Å². The highest BCUT2D eigenvalue weighted by Crippen LogP contribution is 2.49. The zero-order valence-corrected chi connectivity index (χ0v) is 12.8. The predicted molar refractivity (Wildman–Crippen MR) is 71.6 cm³/mol. The first kappa shape index (κ1) is 15.6. The predicted octanol–water partition coefficient (Wildman–Crippen LogP) is 2.71. The van der Waals surface area contributed by atoms with Crippen molar-refractivity contribution in [3.8, 4) is 0 Å². The van der Waals surface area contributed by atoms with Gasteiger partial charge in [-0.05, 0) is 37.5 Å². The van der Waals surface area contributed by atoms with Crippen LogP contribution in [0.5, 0.6) is 0 Å². The number of halogens is 4. The molecule has 9 heteroatoms. The van der Waals surface area contributed by atoms with Crippen molar-refractivity contribution in [3.05, 3.63) is 22.2 Å². The van der Waals surface area contributed by atoms with E-state index in [2.05, 4.69) is 15.9 Å². The molecule has 0 heterocycles. The molecule has 4 nitrogen and oxygen atoms in total. The minimum Gasteiger partial charge on any atom is -0.398 e. The third-order valence-electron chi connectivity index (χ3n) is 3.28. The summed E-state index contributed by atoms with van der Waals surface area (Å²) in [4.78, 5) is -0.250. The van der Waals surface area contributed by atoms with Gasteiger partial charge < -0.3 is 5.73 Å². The molecule has 0 radical (unpaired) electrons.